The molecule has 1 amide bonds. The molecule has 6 heteroatoms. The first-order valence-electron chi connectivity index (χ1n) is 12.1. The molecule has 0 radical (unpaired) electrons. The Morgan fingerprint density at radius 2 is 1.49 bits per heavy atom. The minimum Gasteiger partial charge on any atom is -0.369 e. The van der Waals surface area contributed by atoms with Gasteiger partial charge in [-0.2, -0.15) is 0 Å². The molecule has 3 aromatic rings. The average Bonchev–Trinajstić information content (AvgIpc) is 2.85. The molecule has 1 heterocycles. The molecule has 182 valence electrons. The van der Waals surface area contributed by atoms with Crippen molar-refractivity contribution in [3.63, 3.8) is 0 Å². The number of rotatable bonds is 5. The quantitative estimate of drug-likeness (QED) is 0.471. The summed E-state index contributed by atoms with van der Waals surface area (Å²) in [5.74, 6) is -0.215. The van der Waals surface area contributed by atoms with Crippen molar-refractivity contribution in [1.29, 1.82) is 0 Å². The minimum atomic E-state index is -0.215. The second-order valence-electron chi connectivity index (χ2n) is 10.0. The van der Waals surface area contributed by atoms with Gasteiger partial charge in [0.1, 0.15) is 0 Å². The number of anilines is 2. The van der Waals surface area contributed by atoms with Crippen LogP contribution in [0, 0.1) is 0 Å². The number of carbonyl (C=O) groups is 1. The highest BCUT2D eigenvalue weighted by Crippen LogP contribution is 2.22. The Morgan fingerprint density at radius 1 is 0.857 bits per heavy atom. The number of nitrogens with zero attached hydrogens (tertiary/aromatic N) is 2. The normalized spacial score (nSPS) is 14.4. The van der Waals surface area contributed by atoms with Gasteiger partial charge in [0.15, 0.2) is 5.11 Å². The van der Waals surface area contributed by atoms with E-state index in [0.717, 1.165) is 38.4 Å². The lowest BCUT2D eigenvalue weighted by Gasteiger charge is -2.36. The van der Waals surface area contributed by atoms with Gasteiger partial charge in [0, 0.05) is 49.7 Å². The van der Waals surface area contributed by atoms with Crippen LogP contribution < -0.4 is 15.5 Å². The van der Waals surface area contributed by atoms with Gasteiger partial charge in [-0.15, -0.1) is 0 Å². The second kappa shape index (κ2) is 11.0. The average molecular weight is 487 g/mol. The summed E-state index contributed by atoms with van der Waals surface area (Å²) in [6, 6.07) is 26.5. The van der Waals surface area contributed by atoms with Gasteiger partial charge in [-0.3, -0.25) is 15.0 Å². The Morgan fingerprint density at radius 3 is 2.09 bits per heavy atom. The van der Waals surface area contributed by atoms with Crippen LogP contribution in [-0.2, 0) is 12.0 Å². The maximum atomic E-state index is 12.6. The maximum absolute atomic E-state index is 12.6. The fourth-order valence-electron chi connectivity index (χ4n) is 4.22. The van der Waals surface area contributed by atoms with E-state index in [9.17, 15) is 4.79 Å². The second-order valence-corrected chi connectivity index (χ2v) is 10.4. The van der Waals surface area contributed by atoms with Crippen molar-refractivity contribution in [2.45, 2.75) is 32.7 Å². The van der Waals surface area contributed by atoms with E-state index in [4.69, 9.17) is 12.2 Å². The molecular formula is C29H34N4OS. The fourth-order valence-corrected chi connectivity index (χ4v) is 4.43. The molecule has 1 saturated heterocycles. The molecule has 35 heavy (non-hydrogen) atoms. The number of benzene rings is 3. The number of nitrogens with one attached hydrogen (secondary N) is 2. The molecule has 0 bridgehead atoms. The van der Waals surface area contributed by atoms with Gasteiger partial charge in [0.05, 0.1) is 0 Å². The molecule has 0 saturated carbocycles. The van der Waals surface area contributed by atoms with Gasteiger partial charge in [-0.05, 0) is 65.2 Å². The van der Waals surface area contributed by atoms with Gasteiger partial charge < -0.3 is 10.2 Å². The minimum absolute atomic E-state index is 0.0494. The van der Waals surface area contributed by atoms with Crippen LogP contribution in [0.1, 0.15) is 42.3 Å². The molecule has 0 spiro atoms. The maximum Gasteiger partial charge on any atom is 0.257 e. The largest absolute Gasteiger partial charge is 0.369 e. The first-order chi connectivity index (χ1) is 16.8. The van der Waals surface area contributed by atoms with Gasteiger partial charge in [-0.1, -0.05) is 63.2 Å². The zero-order valence-electron chi connectivity index (χ0n) is 20.8. The van der Waals surface area contributed by atoms with Crippen LogP contribution in [0.15, 0.2) is 78.9 Å². The van der Waals surface area contributed by atoms with E-state index < -0.39 is 0 Å². The van der Waals surface area contributed by atoms with Crippen LogP contribution in [-0.4, -0.2) is 42.1 Å². The van der Waals surface area contributed by atoms with Crippen LogP contribution in [0.5, 0.6) is 0 Å². The number of piperazine rings is 1. The van der Waals surface area contributed by atoms with Crippen LogP contribution in [0.2, 0.25) is 0 Å². The lowest BCUT2D eigenvalue weighted by atomic mass is 9.87. The van der Waals surface area contributed by atoms with E-state index in [2.05, 4.69) is 83.7 Å². The van der Waals surface area contributed by atoms with E-state index in [1.165, 1.54) is 16.8 Å². The van der Waals surface area contributed by atoms with Crippen LogP contribution in [0.4, 0.5) is 11.4 Å². The van der Waals surface area contributed by atoms with Crippen molar-refractivity contribution >= 4 is 34.6 Å². The summed E-state index contributed by atoms with van der Waals surface area (Å²) in [6.07, 6.45) is 0. The zero-order chi connectivity index (χ0) is 24.8. The van der Waals surface area contributed by atoms with E-state index in [0.29, 0.717) is 5.56 Å². The van der Waals surface area contributed by atoms with Gasteiger partial charge in [-0.25, -0.2) is 0 Å². The lowest BCUT2D eigenvalue weighted by molar-refractivity contribution is 0.0977. The summed E-state index contributed by atoms with van der Waals surface area (Å²) in [7, 11) is 0. The summed E-state index contributed by atoms with van der Waals surface area (Å²) < 4.78 is 0. The molecule has 0 atom stereocenters. The van der Waals surface area contributed by atoms with E-state index >= 15 is 0 Å². The molecule has 3 aromatic carbocycles. The van der Waals surface area contributed by atoms with Gasteiger partial charge in [0.2, 0.25) is 0 Å². The summed E-state index contributed by atoms with van der Waals surface area (Å²) in [6.45, 7) is 11.5. The third kappa shape index (κ3) is 6.90. The third-order valence-electron chi connectivity index (χ3n) is 6.35. The highest BCUT2D eigenvalue weighted by Gasteiger charge is 2.18. The van der Waals surface area contributed by atoms with E-state index in [1.54, 1.807) is 0 Å². The third-order valence-corrected chi connectivity index (χ3v) is 6.56. The molecule has 0 unspecified atom stereocenters. The molecular weight excluding hydrogens is 452 g/mol. The van der Waals surface area contributed by atoms with Crippen molar-refractivity contribution < 1.29 is 4.79 Å². The highest BCUT2D eigenvalue weighted by molar-refractivity contribution is 7.80. The van der Waals surface area contributed by atoms with Crippen molar-refractivity contribution in [2.75, 3.05) is 36.4 Å². The van der Waals surface area contributed by atoms with Crippen molar-refractivity contribution in [3.05, 3.63) is 95.6 Å². The molecule has 0 aromatic heterocycles. The monoisotopic (exact) mass is 486 g/mol. The molecule has 0 aliphatic carbocycles. The van der Waals surface area contributed by atoms with Crippen molar-refractivity contribution in [3.8, 4) is 0 Å². The van der Waals surface area contributed by atoms with Crippen LogP contribution >= 0.6 is 12.2 Å². The summed E-state index contributed by atoms with van der Waals surface area (Å²) in [5, 5.41) is 6.18. The van der Waals surface area contributed by atoms with Gasteiger partial charge in [0.25, 0.3) is 5.91 Å². The predicted octanol–water partition coefficient (Wildman–Crippen LogP) is 5.43. The standard InChI is InChI=1S/C29H34N4OS/c1-29(2,3)24-11-9-23(10-12-24)27(34)31-28(35)30-25-13-15-26(16-14-25)33-19-17-32(18-20-33)21-22-7-5-4-6-8-22/h4-16H,17-21H2,1-3H3,(H2,30,31,34,35). The fraction of sp³-hybridized carbons (Fsp3) is 0.310. The number of hydrogen-bond donors (Lipinski definition) is 2. The Labute approximate surface area is 214 Å². The first-order valence-corrected chi connectivity index (χ1v) is 12.5. The van der Waals surface area contributed by atoms with Gasteiger partial charge >= 0.3 is 0 Å². The number of thiocarbonyl (C=S) groups is 1. The lowest BCUT2D eigenvalue weighted by Crippen LogP contribution is -2.45. The Kier molecular flexibility index (Phi) is 7.83. The van der Waals surface area contributed by atoms with Crippen LogP contribution in [0.25, 0.3) is 0 Å². The summed E-state index contributed by atoms with van der Waals surface area (Å²) >= 11 is 5.36. The predicted molar refractivity (Wildman–Crippen MR) is 149 cm³/mol. The van der Waals surface area contributed by atoms with Crippen molar-refractivity contribution in [2.24, 2.45) is 0 Å². The Hall–Kier alpha value is -3.22. The number of carbonyl (C=O) groups excluding carboxylic acids is 1. The molecule has 4 rings (SSSR count). The molecule has 5 nitrogen and oxygen atoms in total. The van der Waals surface area contributed by atoms with E-state index in [1.807, 2.05) is 36.4 Å². The van der Waals surface area contributed by atoms with Crippen molar-refractivity contribution in [1.82, 2.24) is 10.2 Å². The Bertz CT molecular complexity index is 1130. The smallest absolute Gasteiger partial charge is 0.257 e. The first kappa shape index (κ1) is 24.9. The molecule has 1 aliphatic heterocycles. The summed E-state index contributed by atoms with van der Waals surface area (Å²) in [5.41, 5.74) is 5.24. The Balaban J connectivity index is 1.25. The highest BCUT2D eigenvalue weighted by atomic mass is 32.1. The topological polar surface area (TPSA) is 47.6 Å². The molecule has 1 fully saturated rings. The van der Waals surface area contributed by atoms with Crippen LogP contribution in [0.3, 0.4) is 0 Å². The van der Waals surface area contributed by atoms with E-state index in [-0.39, 0.29) is 16.4 Å². The number of hydrogen-bond acceptors (Lipinski definition) is 4. The molecule has 1 aliphatic rings. The number of amides is 1. The molecule has 2 N–H and O–H groups in total. The SMILES string of the molecule is CC(C)(C)c1ccc(C(=O)NC(=S)Nc2ccc(N3CCN(Cc4ccccc4)CC3)cc2)cc1. The zero-order valence-corrected chi connectivity index (χ0v) is 21.6. The summed E-state index contributed by atoms with van der Waals surface area (Å²) in [4.78, 5) is 17.5.